The van der Waals surface area contributed by atoms with Gasteiger partial charge in [-0.05, 0) is 22.0 Å². The Kier molecular flexibility index (Phi) is 2.97. The van der Waals surface area contributed by atoms with E-state index in [9.17, 15) is 13.6 Å². The third-order valence-electron chi connectivity index (χ3n) is 2.67. The van der Waals surface area contributed by atoms with E-state index in [-0.39, 0.29) is 18.0 Å². The summed E-state index contributed by atoms with van der Waals surface area (Å²) in [5.74, 6) is -0.118. The Morgan fingerprint density at radius 1 is 1.35 bits per heavy atom. The van der Waals surface area contributed by atoms with Crippen LogP contribution in [0.2, 0.25) is 0 Å². The molecule has 1 aromatic carbocycles. The van der Waals surface area contributed by atoms with E-state index in [1.54, 1.807) is 12.1 Å². The molecule has 5 nitrogen and oxygen atoms in total. The molecule has 0 aliphatic carbocycles. The molecule has 0 fully saturated rings. The quantitative estimate of drug-likeness (QED) is 0.839. The summed E-state index contributed by atoms with van der Waals surface area (Å²) in [6.07, 6.45) is -0.802. The van der Waals surface area contributed by atoms with Crippen molar-refractivity contribution in [2.24, 2.45) is 0 Å². The summed E-state index contributed by atoms with van der Waals surface area (Å²) in [5, 5.41) is 0. The lowest BCUT2D eigenvalue weighted by atomic mass is 10.2. The number of aromatic nitrogens is 2. The number of benzene rings is 1. The first-order valence-electron chi connectivity index (χ1n) is 5.54. The molecular weight excluding hydrogens is 338 g/mol. The van der Waals surface area contributed by atoms with Crippen LogP contribution in [0.3, 0.4) is 0 Å². The Morgan fingerprint density at radius 2 is 2.15 bits per heavy atom. The first-order chi connectivity index (χ1) is 9.44. The Morgan fingerprint density at radius 3 is 2.95 bits per heavy atom. The second kappa shape index (κ2) is 4.55. The van der Waals surface area contributed by atoms with Gasteiger partial charge in [0.1, 0.15) is 0 Å². The van der Waals surface area contributed by atoms with Crippen LogP contribution in [-0.4, -0.2) is 15.8 Å². The number of rotatable bonds is 2. The maximum absolute atomic E-state index is 13.1. The van der Waals surface area contributed by atoms with Gasteiger partial charge >= 0.3 is 12.0 Å². The summed E-state index contributed by atoms with van der Waals surface area (Å²) in [5.41, 5.74) is -0.0850. The first kappa shape index (κ1) is 13.0. The van der Waals surface area contributed by atoms with Crippen LogP contribution in [0.15, 0.2) is 39.9 Å². The molecule has 104 valence electrons. The molecule has 0 amide bonds. The van der Waals surface area contributed by atoms with Crippen LogP contribution in [-0.2, 0) is 6.54 Å². The van der Waals surface area contributed by atoms with E-state index < -0.39 is 12.0 Å². The molecule has 0 unspecified atom stereocenters. The van der Waals surface area contributed by atoms with Gasteiger partial charge < -0.3 is 9.47 Å². The zero-order chi connectivity index (χ0) is 14.3. The van der Waals surface area contributed by atoms with Crippen LogP contribution in [0.1, 0.15) is 5.56 Å². The Hall–Kier alpha value is -1.96. The molecule has 1 aliphatic heterocycles. The van der Waals surface area contributed by atoms with Crippen LogP contribution < -0.4 is 15.2 Å². The molecule has 1 aliphatic rings. The molecule has 0 atom stereocenters. The minimum atomic E-state index is -3.68. The molecule has 2 aromatic rings. The van der Waals surface area contributed by atoms with Crippen molar-refractivity contribution in [3.05, 3.63) is 51.1 Å². The lowest BCUT2D eigenvalue weighted by Gasteiger charge is -2.08. The van der Waals surface area contributed by atoms with Gasteiger partial charge in [0.25, 0.3) is 0 Å². The van der Waals surface area contributed by atoms with Crippen molar-refractivity contribution in [3.63, 3.8) is 0 Å². The summed E-state index contributed by atoms with van der Waals surface area (Å²) in [7, 11) is 0. The summed E-state index contributed by atoms with van der Waals surface area (Å²) in [6.45, 7) is 0.0495. The average molecular weight is 345 g/mol. The number of hydrogen-bond acceptors (Lipinski definition) is 4. The van der Waals surface area contributed by atoms with Gasteiger partial charge in [-0.2, -0.15) is 0 Å². The summed E-state index contributed by atoms with van der Waals surface area (Å²) in [6, 6.07) is 4.51. The molecule has 3 rings (SSSR count). The molecule has 0 spiro atoms. The van der Waals surface area contributed by atoms with Gasteiger partial charge in [-0.3, -0.25) is 4.57 Å². The van der Waals surface area contributed by atoms with Gasteiger partial charge in [-0.25, -0.2) is 9.78 Å². The normalized spacial score (nSPS) is 15.3. The van der Waals surface area contributed by atoms with Crippen molar-refractivity contribution in [2.45, 2.75) is 12.8 Å². The largest absolute Gasteiger partial charge is 0.586 e. The summed E-state index contributed by atoms with van der Waals surface area (Å²) < 4.78 is 36.8. The predicted molar refractivity (Wildman–Crippen MR) is 67.9 cm³/mol. The fourth-order valence-corrected chi connectivity index (χ4v) is 2.22. The fourth-order valence-electron chi connectivity index (χ4n) is 1.87. The Balaban J connectivity index is 2.00. The first-order valence-corrected chi connectivity index (χ1v) is 6.34. The predicted octanol–water partition coefficient (Wildman–Crippen LogP) is 2.38. The van der Waals surface area contributed by atoms with E-state index >= 15 is 0 Å². The van der Waals surface area contributed by atoms with Crippen molar-refractivity contribution in [2.75, 3.05) is 0 Å². The second-order valence-corrected chi connectivity index (χ2v) is 5.01. The summed E-state index contributed by atoms with van der Waals surface area (Å²) >= 11 is 3.19. The minimum absolute atomic E-state index is 0.0495. The molecule has 8 heteroatoms. The van der Waals surface area contributed by atoms with E-state index in [2.05, 4.69) is 30.4 Å². The molecule has 20 heavy (non-hydrogen) atoms. The van der Waals surface area contributed by atoms with Gasteiger partial charge in [-0.15, -0.1) is 8.78 Å². The van der Waals surface area contributed by atoms with Crippen LogP contribution in [0, 0.1) is 0 Å². The topological polar surface area (TPSA) is 53.4 Å². The second-order valence-electron chi connectivity index (χ2n) is 4.09. The molecule has 0 bridgehead atoms. The highest BCUT2D eigenvalue weighted by atomic mass is 79.9. The van der Waals surface area contributed by atoms with Crippen molar-refractivity contribution in [1.29, 1.82) is 0 Å². The van der Waals surface area contributed by atoms with Gasteiger partial charge in [-0.1, -0.05) is 12.1 Å². The number of fused-ring (bicyclic) bond motifs is 1. The third-order valence-corrected chi connectivity index (χ3v) is 3.08. The maximum Gasteiger partial charge on any atom is 0.586 e. The smallest absolute Gasteiger partial charge is 0.395 e. The van der Waals surface area contributed by atoms with E-state index in [0.717, 1.165) is 0 Å². The van der Waals surface area contributed by atoms with Gasteiger partial charge in [0.2, 0.25) is 0 Å². The molecule has 0 radical (unpaired) electrons. The molecule has 1 aromatic heterocycles. The van der Waals surface area contributed by atoms with Crippen molar-refractivity contribution >= 4 is 15.9 Å². The van der Waals surface area contributed by atoms with Crippen LogP contribution in [0.4, 0.5) is 8.78 Å². The van der Waals surface area contributed by atoms with Gasteiger partial charge in [0.15, 0.2) is 11.5 Å². The number of alkyl halides is 2. The minimum Gasteiger partial charge on any atom is -0.395 e. The van der Waals surface area contributed by atoms with Gasteiger partial charge in [0, 0.05) is 18.0 Å². The lowest BCUT2D eigenvalue weighted by molar-refractivity contribution is -0.286. The van der Waals surface area contributed by atoms with E-state index in [1.807, 2.05) is 0 Å². The van der Waals surface area contributed by atoms with E-state index in [4.69, 9.17) is 0 Å². The van der Waals surface area contributed by atoms with Crippen molar-refractivity contribution < 1.29 is 18.3 Å². The Labute approximate surface area is 119 Å². The van der Waals surface area contributed by atoms with E-state index in [1.165, 1.54) is 23.0 Å². The lowest BCUT2D eigenvalue weighted by Crippen LogP contribution is -2.26. The summed E-state index contributed by atoms with van der Waals surface area (Å²) in [4.78, 5) is 15.3. The fraction of sp³-hybridized carbons (Fsp3) is 0.167. The van der Waals surface area contributed by atoms with Crippen molar-refractivity contribution in [3.8, 4) is 11.5 Å². The molecule has 0 saturated heterocycles. The van der Waals surface area contributed by atoms with Crippen LogP contribution >= 0.6 is 15.9 Å². The van der Waals surface area contributed by atoms with Crippen LogP contribution in [0.5, 0.6) is 11.5 Å². The van der Waals surface area contributed by atoms with E-state index in [0.29, 0.717) is 10.0 Å². The van der Waals surface area contributed by atoms with Gasteiger partial charge in [0.05, 0.1) is 11.0 Å². The Bertz CT molecular complexity index is 733. The molecule has 0 N–H and O–H groups in total. The highest BCUT2D eigenvalue weighted by molar-refractivity contribution is 9.10. The zero-order valence-corrected chi connectivity index (χ0v) is 11.4. The molecule has 2 heterocycles. The maximum atomic E-state index is 13.1. The zero-order valence-electron chi connectivity index (χ0n) is 9.85. The monoisotopic (exact) mass is 344 g/mol. The van der Waals surface area contributed by atoms with Crippen LogP contribution in [0.25, 0.3) is 0 Å². The number of halogens is 3. The third kappa shape index (κ3) is 2.38. The number of para-hydroxylation sites is 1. The molecule has 0 saturated carbocycles. The highest BCUT2D eigenvalue weighted by Crippen LogP contribution is 2.43. The molecular formula is C12H7BrF2N2O3. The van der Waals surface area contributed by atoms with Crippen molar-refractivity contribution in [1.82, 2.24) is 9.55 Å². The highest BCUT2D eigenvalue weighted by Gasteiger charge is 2.44. The standard InChI is InChI=1S/C12H7BrF2N2O3/c13-8-4-16-11(18)17(6-8)5-7-2-1-3-9-10(7)20-12(14,15)19-9/h1-4,6H,5H2. The number of nitrogens with zero attached hydrogens (tertiary/aromatic N) is 2. The number of hydrogen-bond donors (Lipinski definition) is 0. The number of ether oxygens (including phenoxy) is 2. The SMILES string of the molecule is O=c1ncc(Br)cn1Cc1cccc2c1OC(F)(F)O2. The average Bonchev–Trinajstić information content (AvgIpc) is 2.69.